The van der Waals surface area contributed by atoms with Crippen LogP contribution in [0.15, 0.2) is 71.3 Å². The van der Waals surface area contributed by atoms with Gasteiger partial charge >= 0.3 is 5.97 Å². The molecule has 0 bridgehead atoms. The normalized spacial score (nSPS) is 18.4. The second-order valence-corrected chi connectivity index (χ2v) is 7.84. The summed E-state index contributed by atoms with van der Waals surface area (Å²) >= 11 is 5.91. The van der Waals surface area contributed by atoms with E-state index in [1.54, 1.807) is 12.1 Å². The van der Waals surface area contributed by atoms with E-state index >= 15 is 0 Å². The van der Waals surface area contributed by atoms with Crippen molar-refractivity contribution in [3.63, 3.8) is 0 Å². The fourth-order valence-electron chi connectivity index (χ4n) is 3.90. The van der Waals surface area contributed by atoms with Crippen LogP contribution in [0.2, 0.25) is 5.02 Å². The fourth-order valence-corrected chi connectivity index (χ4v) is 4.03. The van der Waals surface area contributed by atoms with Crippen LogP contribution in [0.3, 0.4) is 0 Å². The van der Waals surface area contributed by atoms with Crippen molar-refractivity contribution in [3.05, 3.63) is 87.5 Å². The minimum atomic E-state index is -0.630. The summed E-state index contributed by atoms with van der Waals surface area (Å²) in [6, 6.07) is 14.7. The lowest BCUT2D eigenvalue weighted by Crippen LogP contribution is -2.31. The molecule has 0 spiro atoms. The third-order valence-electron chi connectivity index (χ3n) is 5.42. The second-order valence-electron chi connectivity index (χ2n) is 7.40. The number of hydrogen-bond acceptors (Lipinski definition) is 6. The van der Waals surface area contributed by atoms with Crippen LogP contribution in [-0.4, -0.2) is 18.9 Å². The van der Waals surface area contributed by atoms with Gasteiger partial charge < -0.3 is 19.9 Å². The lowest BCUT2D eigenvalue weighted by molar-refractivity contribution is -0.136. The molecule has 31 heavy (non-hydrogen) atoms. The highest BCUT2D eigenvalue weighted by molar-refractivity contribution is 6.30. The van der Waals surface area contributed by atoms with E-state index in [1.807, 2.05) is 36.4 Å². The zero-order valence-corrected chi connectivity index (χ0v) is 17.8. The number of methoxy groups -OCH3 is 1. The van der Waals surface area contributed by atoms with Gasteiger partial charge in [-0.15, -0.1) is 0 Å². The highest BCUT2D eigenvalue weighted by Crippen LogP contribution is 2.44. The van der Waals surface area contributed by atoms with Crippen LogP contribution in [0.25, 0.3) is 0 Å². The molecule has 0 aromatic heterocycles. The molecule has 2 N–H and O–H groups in total. The minimum absolute atomic E-state index is 0.0200. The van der Waals surface area contributed by atoms with Crippen LogP contribution in [0.1, 0.15) is 36.3 Å². The van der Waals surface area contributed by atoms with Gasteiger partial charge in [-0.05, 0) is 41.8 Å². The number of allylic oxidation sites excluding steroid dienone is 2. The van der Waals surface area contributed by atoms with E-state index in [1.165, 1.54) is 7.11 Å². The van der Waals surface area contributed by atoms with Gasteiger partial charge in [0.2, 0.25) is 5.88 Å². The summed E-state index contributed by atoms with van der Waals surface area (Å²) in [5.74, 6) is -0.109. The Bertz CT molecular complexity index is 1070. The molecule has 4 rings (SSSR count). The Morgan fingerprint density at radius 2 is 1.84 bits per heavy atom. The summed E-state index contributed by atoms with van der Waals surface area (Å²) in [5, 5.41) is 0.671. The molecule has 0 radical (unpaired) electrons. The number of nitrogens with two attached hydrogens (primary N) is 1. The number of carbonyl (C=O) groups is 2. The van der Waals surface area contributed by atoms with Crippen molar-refractivity contribution in [2.24, 2.45) is 5.73 Å². The average Bonchev–Trinajstić information content (AvgIpc) is 2.78. The Labute approximate surface area is 185 Å². The van der Waals surface area contributed by atoms with Crippen LogP contribution in [0, 0.1) is 0 Å². The largest absolute Gasteiger partial charge is 0.489 e. The Kier molecular flexibility index (Phi) is 6.00. The summed E-state index contributed by atoms with van der Waals surface area (Å²) in [4.78, 5) is 25.2. The maximum atomic E-state index is 12.7. The molecule has 0 fully saturated rings. The number of carbonyl (C=O) groups excluding carboxylic acids is 2. The molecule has 7 heteroatoms. The molecule has 0 saturated heterocycles. The SMILES string of the molecule is COC(=O)C1=C(N)OC2=C(C(=O)CCC2)[C@@H]1c1ccc(OCc2ccc(Cl)cc2)cc1. The number of Topliss-reactive ketones (excluding diaryl/α,β-unsaturated/α-hetero) is 1. The fraction of sp³-hybridized carbons (Fsp3) is 0.250. The van der Waals surface area contributed by atoms with Crippen LogP contribution < -0.4 is 10.5 Å². The summed E-state index contributed by atoms with van der Waals surface area (Å²) in [7, 11) is 1.28. The van der Waals surface area contributed by atoms with Gasteiger partial charge in [-0.2, -0.15) is 0 Å². The maximum Gasteiger partial charge on any atom is 0.340 e. The van der Waals surface area contributed by atoms with E-state index in [2.05, 4.69) is 0 Å². The number of esters is 1. The van der Waals surface area contributed by atoms with Crippen LogP contribution in [-0.2, 0) is 25.7 Å². The van der Waals surface area contributed by atoms with E-state index in [0.717, 1.165) is 11.1 Å². The van der Waals surface area contributed by atoms with Gasteiger partial charge in [-0.1, -0.05) is 35.9 Å². The molecular weight excluding hydrogens is 418 g/mol. The van der Waals surface area contributed by atoms with E-state index in [0.29, 0.717) is 48.0 Å². The molecule has 1 aliphatic heterocycles. The van der Waals surface area contributed by atoms with Gasteiger partial charge in [0.25, 0.3) is 0 Å². The zero-order valence-electron chi connectivity index (χ0n) is 17.0. The molecule has 2 aromatic carbocycles. The monoisotopic (exact) mass is 439 g/mol. The van der Waals surface area contributed by atoms with Crippen LogP contribution >= 0.6 is 11.6 Å². The highest BCUT2D eigenvalue weighted by atomic mass is 35.5. The number of hydrogen-bond donors (Lipinski definition) is 1. The van der Waals surface area contributed by atoms with Gasteiger partial charge in [-0.25, -0.2) is 4.79 Å². The van der Waals surface area contributed by atoms with Crippen molar-refractivity contribution in [1.82, 2.24) is 0 Å². The van der Waals surface area contributed by atoms with E-state index in [-0.39, 0.29) is 17.2 Å². The number of benzene rings is 2. The number of ketones is 1. The van der Waals surface area contributed by atoms with Crippen molar-refractivity contribution in [3.8, 4) is 5.75 Å². The summed E-state index contributed by atoms with van der Waals surface area (Å²) in [6.07, 6.45) is 1.72. The second kappa shape index (κ2) is 8.86. The van der Waals surface area contributed by atoms with Crippen molar-refractivity contribution < 1.29 is 23.8 Å². The van der Waals surface area contributed by atoms with Gasteiger partial charge in [0.1, 0.15) is 23.7 Å². The molecular formula is C24H22ClNO5. The smallest absolute Gasteiger partial charge is 0.340 e. The molecule has 0 saturated carbocycles. The first-order valence-corrected chi connectivity index (χ1v) is 10.3. The van der Waals surface area contributed by atoms with Gasteiger partial charge in [-0.3, -0.25) is 4.79 Å². The molecule has 160 valence electrons. The topological polar surface area (TPSA) is 87.9 Å². The van der Waals surface area contributed by atoms with E-state index in [9.17, 15) is 9.59 Å². The predicted octanol–water partition coefficient (Wildman–Crippen LogP) is 4.38. The van der Waals surface area contributed by atoms with Crippen molar-refractivity contribution in [2.45, 2.75) is 31.8 Å². The Morgan fingerprint density at radius 3 is 2.52 bits per heavy atom. The molecule has 1 aliphatic carbocycles. The maximum absolute atomic E-state index is 12.7. The lowest BCUT2D eigenvalue weighted by Gasteiger charge is -2.32. The zero-order chi connectivity index (χ0) is 22.0. The molecule has 1 heterocycles. The molecule has 2 aliphatic rings. The first-order valence-electron chi connectivity index (χ1n) is 9.97. The summed E-state index contributed by atoms with van der Waals surface area (Å²) in [5.41, 5.74) is 8.43. The average molecular weight is 440 g/mol. The Balaban J connectivity index is 1.62. The molecule has 0 unspecified atom stereocenters. The van der Waals surface area contributed by atoms with Gasteiger partial charge in [0.15, 0.2) is 5.78 Å². The minimum Gasteiger partial charge on any atom is -0.489 e. The predicted molar refractivity (Wildman–Crippen MR) is 115 cm³/mol. The van der Waals surface area contributed by atoms with E-state index in [4.69, 9.17) is 31.5 Å². The molecule has 1 atom stereocenters. The third kappa shape index (κ3) is 4.30. The number of halogens is 1. The summed E-state index contributed by atoms with van der Waals surface area (Å²) in [6.45, 7) is 0.391. The molecule has 2 aromatic rings. The van der Waals surface area contributed by atoms with E-state index < -0.39 is 11.9 Å². The first kappa shape index (κ1) is 21.0. The Hall–Kier alpha value is -3.25. The quantitative estimate of drug-likeness (QED) is 0.695. The van der Waals surface area contributed by atoms with Crippen molar-refractivity contribution >= 4 is 23.4 Å². The molecule has 0 amide bonds. The van der Waals surface area contributed by atoms with Gasteiger partial charge in [0, 0.05) is 23.4 Å². The molecule has 6 nitrogen and oxygen atoms in total. The standard InChI is InChI=1S/C24H22ClNO5/c1-29-24(28)22-20(21-18(27)3-2-4-19(21)31-23(22)26)15-7-11-17(12-8-15)30-13-14-5-9-16(25)10-6-14/h5-12,20H,2-4,13,26H2,1H3/t20-/m0/s1. The Morgan fingerprint density at radius 1 is 1.13 bits per heavy atom. The number of rotatable bonds is 5. The van der Waals surface area contributed by atoms with Crippen molar-refractivity contribution in [2.75, 3.05) is 7.11 Å². The highest BCUT2D eigenvalue weighted by Gasteiger charge is 2.41. The third-order valence-corrected chi connectivity index (χ3v) is 5.67. The van der Waals surface area contributed by atoms with Crippen molar-refractivity contribution in [1.29, 1.82) is 0 Å². The summed E-state index contributed by atoms with van der Waals surface area (Å²) < 4.78 is 16.4. The lowest BCUT2D eigenvalue weighted by atomic mass is 9.77. The first-order chi connectivity index (χ1) is 15.0. The van der Waals surface area contributed by atoms with Crippen LogP contribution in [0.4, 0.5) is 0 Å². The van der Waals surface area contributed by atoms with Crippen LogP contribution in [0.5, 0.6) is 5.75 Å². The van der Waals surface area contributed by atoms with Gasteiger partial charge in [0.05, 0.1) is 13.0 Å². The number of ether oxygens (including phenoxy) is 3.